The van der Waals surface area contributed by atoms with Crippen LogP contribution >= 0.6 is 0 Å². The Bertz CT molecular complexity index is 476. The van der Waals surface area contributed by atoms with Gasteiger partial charge in [0.25, 0.3) is 5.91 Å². The van der Waals surface area contributed by atoms with E-state index in [9.17, 15) is 9.59 Å². The first-order chi connectivity index (χ1) is 8.97. The summed E-state index contributed by atoms with van der Waals surface area (Å²) in [6.07, 6.45) is 2.70. The van der Waals surface area contributed by atoms with E-state index in [4.69, 9.17) is 16.6 Å². The second-order valence-electron chi connectivity index (χ2n) is 4.14. The minimum absolute atomic E-state index is 0.226. The van der Waals surface area contributed by atoms with Gasteiger partial charge >= 0.3 is 5.97 Å². The molecule has 19 heavy (non-hydrogen) atoms. The van der Waals surface area contributed by atoms with Crippen molar-refractivity contribution in [3.8, 4) is 0 Å². The lowest BCUT2D eigenvalue weighted by atomic mass is 10.1. The molecule has 1 aromatic heterocycles. The van der Waals surface area contributed by atoms with Crippen LogP contribution in [0.15, 0.2) is 12.3 Å². The number of carboxylic acid groups (broad SMARTS) is 1. The number of amides is 1. The summed E-state index contributed by atoms with van der Waals surface area (Å²) in [6.45, 7) is 1.95. The molecule has 0 fully saturated rings. The van der Waals surface area contributed by atoms with Crippen LogP contribution in [0, 0.1) is 0 Å². The SMILES string of the molecule is C[C@H](Nc1ccnc(CCCN)c1C(N)=O)C(=O)O. The fourth-order valence-corrected chi connectivity index (χ4v) is 1.65. The molecule has 0 saturated heterocycles. The van der Waals surface area contributed by atoms with Crippen LogP contribution in [-0.4, -0.2) is 34.6 Å². The molecule has 0 aromatic carbocycles. The molecule has 1 rings (SSSR count). The Balaban J connectivity index is 3.09. The summed E-state index contributed by atoms with van der Waals surface area (Å²) in [5, 5.41) is 11.6. The average molecular weight is 266 g/mol. The molecule has 1 atom stereocenters. The van der Waals surface area contributed by atoms with Crippen LogP contribution in [0.2, 0.25) is 0 Å². The van der Waals surface area contributed by atoms with E-state index in [0.717, 1.165) is 0 Å². The van der Waals surface area contributed by atoms with Gasteiger partial charge in [-0.3, -0.25) is 14.6 Å². The van der Waals surface area contributed by atoms with Crippen molar-refractivity contribution in [1.29, 1.82) is 0 Å². The molecule has 0 radical (unpaired) electrons. The van der Waals surface area contributed by atoms with Crippen LogP contribution in [0.1, 0.15) is 29.4 Å². The van der Waals surface area contributed by atoms with E-state index >= 15 is 0 Å². The molecule has 0 unspecified atom stereocenters. The molecular weight excluding hydrogens is 248 g/mol. The minimum Gasteiger partial charge on any atom is -0.480 e. The Kier molecular flexibility index (Phi) is 5.25. The van der Waals surface area contributed by atoms with Gasteiger partial charge in [0, 0.05) is 6.20 Å². The zero-order chi connectivity index (χ0) is 14.4. The second-order valence-corrected chi connectivity index (χ2v) is 4.14. The maximum Gasteiger partial charge on any atom is 0.325 e. The Hall–Kier alpha value is -2.15. The summed E-state index contributed by atoms with van der Waals surface area (Å²) in [6, 6.07) is 0.703. The number of hydrogen-bond donors (Lipinski definition) is 4. The summed E-state index contributed by atoms with van der Waals surface area (Å²) < 4.78 is 0. The number of carbonyl (C=O) groups excluding carboxylic acids is 1. The van der Waals surface area contributed by atoms with Crippen molar-refractivity contribution in [2.75, 3.05) is 11.9 Å². The highest BCUT2D eigenvalue weighted by Crippen LogP contribution is 2.19. The van der Waals surface area contributed by atoms with Gasteiger partial charge in [-0.25, -0.2) is 0 Å². The molecule has 1 aromatic rings. The van der Waals surface area contributed by atoms with Gasteiger partial charge in [0.1, 0.15) is 6.04 Å². The molecule has 1 heterocycles. The molecule has 1 amide bonds. The predicted octanol–water partition coefficient (Wildman–Crippen LogP) is -0.0432. The van der Waals surface area contributed by atoms with Gasteiger partial charge < -0.3 is 21.9 Å². The topological polar surface area (TPSA) is 131 Å². The van der Waals surface area contributed by atoms with Gasteiger partial charge in [0.2, 0.25) is 0 Å². The third kappa shape index (κ3) is 3.92. The van der Waals surface area contributed by atoms with Crippen molar-refractivity contribution in [2.45, 2.75) is 25.8 Å². The number of nitrogens with zero attached hydrogens (tertiary/aromatic N) is 1. The van der Waals surface area contributed by atoms with Crippen LogP contribution in [0.25, 0.3) is 0 Å². The lowest BCUT2D eigenvalue weighted by Gasteiger charge is -2.15. The van der Waals surface area contributed by atoms with E-state index in [1.165, 1.54) is 19.2 Å². The molecule has 7 heteroatoms. The van der Waals surface area contributed by atoms with E-state index in [-0.39, 0.29) is 5.56 Å². The Labute approximate surface area is 111 Å². The van der Waals surface area contributed by atoms with Gasteiger partial charge in [0.15, 0.2) is 0 Å². The lowest BCUT2D eigenvalue weighted by molar-refractivity contribution is -0.137. The number of carboxylic acids is 1. The first-order valence-electron chi connectivity index (χ1n) is 5.94. The number of aryl methyl sites for hydroxylation is 1. The maximum atomic E-state index is 11.5. The number of aromatic nitrogens is 1. The van der Waals surface area contributed by atoms with E-state index in [2.05, 4.69) is 10.3 Å². The van der Waals surface area contributed by atoms with Gasteiger partial charge in [-0.1, -0.05) is 0 Å². The number of hydrogen-bond acceptors (Lipinski definition) is 5. The Morgan fingerprint density at radius 1 is 1.53 bits per heavy atom. The fraction of sp³-hybridized carbons (Fsp3) is 0.417. The van der Waals surface area contributed by atoms with Gasteiger partial charge in [-0.2, -0.15) is 0 Å². The Morgan fingerprint density at radius 2 is 2.21 bits per heavy atom. The number of nitrogens with one attached hydrogen (secondary N) is 1. The Morgan fingerprint density at radius 3 is 2.74 bits per heavy atom. The first-order valence-corrected chi connectivity index (χ1v) is 5.94. The van der Waals surface area contributed by atoms with E-state index in [1.54, 1.807) is 0 Å². The van der Waals surface area contributed by atoms with Crippen LogP contribution in [-0.2, 0) is 11.2 Å². The minimum atomic E-state index is -1.02. The highest BCUT2D eigenvalue weighted by molar-refractivity contribution is 6.00. The third-order valence-corrected chi connectivity index (χ3v) is 2.64. The van der Waals surface area contributed by atoms with E-state index in [0.29, 0.717) is 30.8 Å². The number of anilines is 1. The standard InChI is InChI=1S/C12H18N4O3/c1-7(12(18)19)16-9-4-6-15-8(3-2-5-13)10(9)11(14)17/h4,6-7H,2-3,5,13H2,1H3,(H2,14,17)(H,15,16)(H,18,19)/t7-/m0/s1. The van der Waals surface area contributed by atoms with Crippen molar-refractivity contribution in [3.05, 3.63) is 23.5 Å². The first kappa shape index (κ1) is 14.9. The van der Waals surface area contributed by atoms with Crippen molar-refractivity contribution < 1.29 is 14.7 Å². The van der Waals surface area contributed by atoms with E-state index < -0.39 is 17.9 Å². The molecule has 0 bridgehead atoms. The van der Waals surface area contributed by atoms with E-state index in [1.807, 2.05) is 0 Å². The number of pyridine rings is 1. The lowest BCUT2D eigenvalue weighted by Crippen LogP contribution is -2.28. The predicted molar refractivity (Wildman–Crippen MR) is 70.9 cm³/mol. The summed E-state index contributed by atoms with van der Waals surface area (Å²) in [4.78, 5) is 26.5. The molecule has 7 nitrogen and oxygen atoms in total. The summed E-state index contributed by atoms with van der Waals surface area (Å²) in [5.74, 6) is -1.66. The van der Waals surface area contributed by atoms with Crippen molar-refractivity contribution in [3.63, 3.8) is 0 Å². The molecule has 0 aliphatic rings. The average Bonchev–Trinajstić information content (AvgIpc) is 2.35. The van der Waals surface area contributed by atoms with Crippen molar-refractivity contribution >= 4 is 17.6 Å². The maximum absolute atomic E-state index is 11.5. The van der Waals surface area contributed by atoms with Gasteiger partial charge in [0.05, 0.1) is 16.9 Å². The molecule has 104 valence electrons. The normalized spacial score (nSPS) is 11.9. The third-order valence-electron chi connectivity index (χ3n) is 2.64. The highest BCUT2D eigenvalue weighted by Gasteiger charge is 2.18. The number of nitrogens with two attached hydrogens (primary N) is 2. The van der Waals surface area contributed by atoms with Crippen LogP contribution in [0.5, 0.6) is 0 Å². The number of rotatable bonds is 7. The molecule has 0 spiro atoms. The number of carbonyl (C=O) groups is 2. The number of aliphatic carboxylic acids is 1. The van der Waals surface area contributed by atoms with Gasteiger partial charge in [-0.05, 0) is 32.4 Å². The molecule has 0 aliphatic heterocycles. The highest BCUT2D eigenvalue weighted by atomic mass is 16.4. The zero-order valence-electron chi connectivity index (χ0n) is 10.7. The summed E-state index contributed by atoms with van der Waals surface area (Å²) >= 11 is 0. The molecular formula is C12H18N4O3. The van der Waals surface area contributed by atoms with Gasteiger partial charge in [-0.15, -0.1) is 0 Å². The summed E-state index contributed by atoms with van der Waals surface area (Å²) in [5.41, 5.74) is 11.9. The second kappa shape index (κ2) is 6.69. The quantitative estimate of drug-likeness (QED) is 0.547. The zero-order valence-corrected chi connectivity index (χ0v) is 10.7. The molecule has 0 saturated carbocycles. The fourth-order valence-electron chi connectivity index (χ4n) is 1.65. The van der Waals surface area contributed by atoms with Crippen molar-refractivity contribution in [1.82, 2.24) is 4.98 Å². The monoisotopic (exact) mass is 266 g/mol. The molecule has 0 aliphatic carbocycles. The van der Waals surface area contributed by atoms with Crippen LogP contribution in [0.3, 0.4) is 0 Å². The van der Waals surface area contributed by atoms with Crippen LogP contribution < -0.4 is 16.8 Å². The van der Waals surface area contributed by atoms with Crippen molar-refractivity contribution in [2.24, 2.45) is 11.5 Å². The van der Waals surface area contributed by atoms with Crippen LogP contribution in [0.4, 0.5) is 5.69 Å². The summed E-state index contributed by atoms with van der Waals surface area (Å²) in [7, 11) is 0. The smallest absolute Gasteiger partial charge is 0.325 e. The number of primary amides is 1. The molecule has 6 N–H and O–H groups in total. The largest absolute Gasteiger partial charge is 0.480 e.